The summed E-state index contributed by atoms with van der Waals surface area (Å²) in [4.78, 5) is 4.59. The van der Waals surface area contributed by atoms with E-state index in [1.807, 2.05) is 18.2 Å². The van der Waals surface area contributed by atoms with E-state index in [-0.39, 0.29) is 12.4 Å². The van der Waals surface area contributed by atoms with E-state index in [0.29, 0.717) is 11.9 Å². The Hall–Kier alpha value is -1.91. The molecule has 1 fully saturated rings. The minimum absolute atomic E-state index is 0. The van der Waals surface area contributed by atoms with E-state index in [1.165, 1.54) is 18.2 Å². The number of benzene rings is 2. The topological polar surface area (TPSA) is 51.0 Å². The Balaban J connectivity index is 0.00000156. The van der Waals surface area contributed by atoms with Gasteiger partial charge in [-0.05, 0) is 36.6 Å². The van der Waals surface area contributed by atoms with E-state index in [0.717, 1.165) is 36.2 Å². The highest BCUT2D eigenvalue weighted by atomic mass is 35.5. The summed E-state index contributed by atoms with van der Waals surface area (Å²) in [6.07, 6.45) is 4.44. The number of aryl methyl sites for hydroxylation is 1. The third kappa shape index (κ3) is 3.38. The number of nitrogens with one attached hydrogen (secondary N) is 1. The largest absolute Gasteiger partial charge is 0.339 e. The predicted molar refractivity (Wildman–Crippen MR) is 93.8 cm³/mol. The highest BCUT2D eigenvalue weighted by Gasteiger charge is 2.16. The lowest BCUT2D eigenvalue weighted by Crippen LogP contribution is -2.21. The van der Waals surface area contributed by atoms with Crippen molar-refractivity contribution in [1.29, 1.82) is 0 Å². The molecule has 0 saturated carbocycles. The summed E-state index contributed by atoms with van der Waals surface area (Å²) in [6.45, 7) is 1.13. The summed E-state index contributed by atoms with van der Waals surface area (Å²) in [6, 6.07) is 15.1. The molecule has 0 radical (unpaired) electrons. The van der Waals surface area contributed by atoms with Crippen LogP contribution in [0.15, 0.2) is 47.0 Å². The molecule has 4 nitrogen and oxygen atoms in total. The maximum absolute atomic E-state index is 5.44. The highest BCUT2D eigenvalue weighted by Crippen LogP contribution is 2.26. The molecular formula is C18H20ClN3O. The SMILES string of the molecule is Cl.c1ccc2c(-c3noc(CCC4CCCN4)n3)cccc2c1. The van der Waals surface area contributed by atoms with E-state index in [2.05, 4.69) is 39.7 Å². The van der Waals surface area contributed by atoms with Crippen LogP contribution in [0.1, 0.15) is 25.2 Å². The van der Waals surface area contributed by atoms with Gasteiger partial charge in [0.2, 0.25) is 11.7 Å². The summed E-state index contributed by atoms with van der Waals surface area (Å²) < 4.78 is 5.44. The summed E-state index contributed by atoms with van der Waals surface area (Å²) in [5.41, 5.74) is 1.03. The van der Waals surface area contributed by atoms with Gasteiger partial charge in [0.15, 0.2) is 0 Å². The Labute approximate surface area is 141 Å². The lowest BCUT2D eigenvalue weighted by atomic mass is 10.0. The molecule has 2 aromatic carbocycles. The Bertz CT molecular complexity index is 775. The van der Waals surface area contributed by atoms with Crippen molar-refractivity contribution in [3.8, 4) is 11.4 Å². The van der Waals surface area contributed by atoms with Crippen LogP contribution in [0.2, 0.25) is 0 Å². The number of nitrogens with zero attached hydrogens (tertiary/aromatic N) is 2. The van der Waals surface area contributed by atoms with Gasteiger partial charge in [-0.2, -0.15) is 4.98 Å². The van der Waals surface area contributed by atoms with Crippen LogP contribution in [0, 0.1) is 0 Å². The fourth-order valence-electron chi connectivity index (χ4n) is 3.19. The molecule has 1 aliphatic rings. The summed E-state index contributed by atoms with van der Waals surface area (Å²) in [5, 5.41) is 10.0. The van der Waals surface area contributed by atoms with Crippen molar-refractivity contribution in [2.75, 3.05) is 6.54 Å². The summed E-state index contributed by atoms with van der Waals surface area (Å²) in [7, 11) is 0. The zero-order chi connectivity index (χ0) is 14.8. The fraction of sp³-hybridized carbons (Fsp3) is 0.333. The van der Waals surface area contributed by atoms with Crippen molar-refractivity contribution >= 4 is 23.2 Å². The van der Waals surface area contributed by atoms with Gasteiger partial charge >= 0.3 is 0 Å². The zero-order valence-corrected chi connectivity index (χ0v) is 13.7. The van der Waals surface area contributed by atoms with Crippen LogP contribution in [-0.2, 0) is 6.42 Å². The summed E-state index contributed by atoms with van der Waals surface area (Å²) in [5.74, 6) is 1.42. The Morgan fingerprint density at radius 3 is 2.87 bits per heavy atom. The molecule has 1 saturated heterocycles. The Kier molecular flexibility index (Phi) is 4.94. The van der Waals surface area contributed by atoms with Gasteiger partial charge in [0.05, 0.1) is 0 Å². The minimum atomic E-state index is 0. The molecule has 0 spiro atoms. The molecule has 23 heavy (non-hydrogen) atoms. The van der Waals surface area contributed by atoms with E-state index >= 15 is 0 Å². The normalized spacial score (nSPS) is 17.3. The van der Waals surface area contributed by atoms with Crippen molar-refractivity contribution in [2.45, 2.75) is 31.7 Å². The lowest BCUT2D eigenvalue weighted by Gasteiger charge is -2.06. The smallest absolute Gasteiger partial charge is 0.227 e. The second-order valence-corrected chi connectivity index (χ2v) is 5.87. The number of hydrogen-bond acceptors (Lipinski definition) is 4. The molecule has 1 aliphatic heterocycles. The van der Waals surface area contributed by atoms with Crippen molar-refractivity contribution in [1.82, 2.24) is 15.5 Å². The third-order valence-corrected chi connectivity index (χ3v) is 4.37. The first-order valence-electron chi connectivity index (χ1n) is 7.94. The average Bonchev–Trinajstić information content (AvgIpc) is 3.24. The monoisotopic (exact) mass is 329 g/mol. The van der Waals surface area contributed by atoms with Crippen molar-refractivity contribution < 1.29 is 4.52 Å². The fourth-order valence-corrected chi connectivity index (χ4v) is 3.19. The van der Waals surface area contributed by atoms with Gasteiger partial charge in [0.1, 0.15) is 0 Å². The molecule has 0 bridgehead atoms. The van der Waals surface area contributed by atoms with Gasteiger partial charge < -0.3 is 9.84 Å². The Morgan fingerprint density at radius 1 is 1.13 bits per heavy atom. The molecule has 1 N–H and O–H groups in total. The number of hydrogen-bond donors (Lipinski definition) is 1. The zero-order valence-electron chi connectivity index (χ0n) is 12.9. The van der Waals surface area contributed by atoms with Crippen molar-refractivity contribution in [2.24, 2.45) is 0 Å². The molecule has 4 rings (SSSR count). The van der Waals surface area contributed by atoms with E-state index in [9.17, 15) is 0 Å². The van der Waals surface area contributed by atoms with Crippen LogP contribution in [0.4, 0.5) is 0 Å². The first kappa shape index (κ1) is 16.0. The summed E-state index contributed by atoms with van der Waals surface area (Å²) >= 11 is 0. The van der Waals surface area contributed by atoms with Crippen molar-refractivity contribution in [3.05, 3.63) is 48.4 Å². The van der Waals surface area contributed by atoms with Crippen LogP contribution < -0.4 is 5.32 Å². The lowest BCUT2D eigenvalue weighted by molar-refractivity contribution is 0.369. The number of halogens is 1. The van der Waals surface area contributed by atoms with Crippen LogP contribution in [0.25, 0.3) is 22.2 Å². The van der Waals surface area contributed by atoms with Crippen LogP contribution in [0.5, 0.6) is 0 Å². The molecule has 5 heteroatoms. The predicted octanol–water partition coefficient (Wildman–Crippen LogP) is 4.00. The molecule has 1 unspecified atom stereocenters. The molecule has 0 aliphatic carbocycles. The first-order chi connectivity index (χ1) is 10.9. The molecule has 1 aromatic heterocycles. The second-order valence-electron chi connectivity index (χ2n) is 5.87. The molecule has 120 valence electrons. The van der Waals surface area contributed by atoms with Crippen LogP contribution >= 0.6 is 12.4 Å². The van der Waals surface area contributed by atoms with Gasteiger partial charge in [-0.3, -0.25) is 0 Å². The number of rotatable bonds is 4. The standard InChI is InChI=1S/C18H19N3O.ClH/c1-2-8-15-13(5-1)6-3-9-16(15)18-20-17(22-21-18)11-10-14-7-4-12-19-14;/h1-3,5-6,8-9,14,19H,4,7,10-12H2;1H. The average molecular weight is 330 g/mol. The van der Waals surface area contributed by atoms with Gasteiger partial charge in [0, 0.05) is 18.0 Å². The quantitative estimate of drug-likeness (QED) is 0.786. The van der Waals surface area contributed by atoms with E-state index in [4.69, 9.17) is 4.52 Å². The maximum Gasteiger partial charge on any atom is 0.227 e. The number of aromatic nitrogens is 2. The maximum atomic E-state index is 5.44. The van der Waals surface area contributed by atoms with Crippen LogP contribution in [0.3, 0.4) is 0 Å². The molecule has 1 atom stereocenters. The molecule has 2 heterocycles. The van der Waals surface area contributed by atoms with Crippen LogP contribution in [-0.4, -0.2) is 22.7 Å². The molecular weight excluding hydrogens is 310 g/mol. The molecule has 3 aromatic rings. The van der Waals surface area contributed by atoms with Gasteiger partial charge in [-0.1, -0.05) is 47.6 Å². The van der Waals surface area contributed by atoms with Crippen molar-refractivity contribution in [3.63, 3.8) is 0 Å². The van der Waals surface area contributed by atoms with Gasteiger partial charge in [-0.25, -0.2) is 0 Å². The highest BCUT2D eigenvalue weighted by molar-refractivity contribution is 5.94. The molecule has 0 amide bonds. The van der Waals surface area contributed by atoms with E-state index in [1.54, 1.807) is 0 Å². The Morgan fingerprint density at radius 2 is 2.00 bits per heavy atom. The number of fused-ring (bicyclic) bond motifs is 1. The third-order valence-electron chi connectivity index (χ3n) is 4.37. The second kappa shape index (κ2) is 7.11. The van der Waals surface area contributed by atoms with E-state index < -0.39 is 0 Å². The van der Waals surface area contributed by atoms with Gasteiger partial charge in [0.25, 0.3) is 0 Å². The van der Waals surface area contributed by atoms with Gasteiger partial charge in [-0.15, -0.1) is 12.4 Å². The first-order valence-corrected chi connectivity index (χ1v) is 7.94. The minimum Gasteiger partial charge on any atom is -0.339 e.